The molecule has 0 saturated heterocycles. The van der Waals surface area contributed by atoms with Gasteiger partial charge < -0.3 is 10.1 Å². The lowest BCUT2D eigenvalue weighted by atomic mass is 10.1. The van der Waals surface area contributed by atoms with Gasteiger partial charge in [0.2, 0.25) is 11.8 Å². The average molecular weight is 338 g/mol. The van der Waals surface area contributed by atoms with Crippen molar-refractivity contribution in [2.24, 2.45) is 0 Å². The number of benzene rings is 1. The molecule has 2 atom stereocenters. The van der Waals surface area contributed by atoms with E-state index in [2.05, 4.69) is 31.2 Å². The van der Waals surface area contributed by atoms with Gasteiger partial charge >= 0.3 is 0 Å². The zero-order valence-electron chi connectivity index (χ0n) is 10.8. The first kappa shape index (κ1) is 13.3. The number of anilines is 1. The van der Waals surface area contributed by atoms with Gasteiger partial charge in [0.25, 0.3) is 0 Å². The maximum absolute atomic E-state index is 13.2. The summed E-state index contributed by atoms with van der Waals surface area (Å²) in [5.74, 6) is 1.12. The molecule has 0 aliphatic heterocycles. The summed E-state index contributed by atoms with van der Waals surface area (Å²) in [7, 11) is 1.56. The van der Waals surface area contributed by atoms with E-state index in [0.29, 0.717) is 22.2 Å². The summed E-state index contributed by atoms with van der Waals surface area (Å²) in [6.45, 7) is 0. The molecule has 1 heterocycles. The molecule has 20 heavy (non-hydrogen) atoms. The number of rotatable bonds is 4. The lowest BCUT2D eigenvalue weighted by Crippen LogP contribution is -2.08. The third-order valence-electron chi connectivity index (χ3n) is 3.29. The molecule has 0 unspecified atom stereocenters. The molecule has 104 valence electrons. The third-order valence-corrected chi connectivity index (χ3v) is 3.83. The van der Waals surface area contributed by atoms with Crippen molar-refractivity contribution < 1.29 is 9.13 Å². The molecular formula is C14H13BrFN3O. The topological polar surface area (TPSA) is 47.0 Å². The highest BCUT2D eigenvalue weighted by atomic mass is 79.9. The van der Waals surface area contributed by atoms with Crippen LogP contribution in [0.2, 0.25) is 0 Å². The summed E-state index contributed by atoms with van der Waals surface area (Å²) in [4.78, 5) is 8.44. The summed E-state index contributed by atoms with van der Waals surface area (Å²) in [6, 6.07) is 6.95. The van der Waals surface area contributed by atoms with Crippen molar-refractivity contribution in [3.05, 3.63) is 46.3 Å². The molecule has 4 nitrogen and oxygen atoms in total. The van der Waals surface area contributed by atoms with Crippen LogP contribution in [-0.4, -0.2) is 23.1 Å². The van der Waals surface area contributed by atoms with E-state index in [1.807, 2.05) is 6.07 Å². The molecule has 0 bridgehead atoms. The summed E-state index contributed by atoms with van der Waals surface area (Å²) in [5.41, 5.74) is 1.01. The largest absolute Gasteiger partial charge is 0.480 e. The number of hydrogen-bond acceptors (Lipinski definition) is 4. The van der Waals surface area contributed by atoms with Crippen molar-refractivity contribution in [3.63, 3.8) is 0 Å². The molecule has 1 aliphatic carbocycles. The standard InChI is InChI=1S/C14H13BrFN3O/c1-20-13-11(15)7-17-14(19-13)18-12-6-10(12)8-3-2-4-9(16)5-8/h2-5,7,10,12H,6H2,1H3,(H,17,18,19)/t10-,12+/m0/s1. The van der Waals surface area contributed by atoms with Gasteiger partial charge in [0, 0.05) is 12.0 Å². The maximum Gasteiger partial charge on any atom is 0.232 e. The fourth-order valence-corrected chi connectivity index (χ4v) is 2.54. The van der Waals surface area contributed by atoms with E-state index >= 15 is 0 Å². The van der Waals surface area contributed by atoms with Crippen molar-refractivity contribution in [2.75, 3.05) is 12.4 Å². The number of hydrogen-bond donors (Lipinski definition) is 1. The second-order valence-electron chi connectivity index (χ2n) is 4.70. The third kappa shape index (κ3) is 2.75. The minimum atomic E-state index is -0.199. The van der Waals surface area contributed by atoms with Crippen LogP contribution in [0.3, 0.4) is 0 Å². The van der Waals surface area contributed by atoms with Crippen molar-refractivity contribution in [3.8, 4) is 5.88 Å². The molecule has 6 heteroatoms. The maximum atomic E-state index is 13.2. The Balaban J connectivity index is 1.69. The van der Waals surface area contributed by atoms with Gasteiger partial charge in [0.05, 0.1) is 17.8 Å². The second-order valence-corrected chi connectivity index (χ2v) is 5.55. The number of methoxy groups -OCH3 is 1. The van der Waals surface area contributed by atoms with E-state index in [-0.39, 0.29) is 11.9 Å². The van der Waals surface area contributed by atoms with Crippen molar-refractivity contribution in [1.82, 2.24) is 9.97 Å². The van der Waals surface area contributed by atoms with E-state index in [4.69, 9.17) is 4.74 Å². The Morgan fingerprint density at radius 3 is 3.05 bits per heavy atom. The van der Waals surface area contributed by atoms with Gasteiger partial charge in [-0.15, -0.1) is 0 Å². The van der Waals surface area contributed by atoms with Crippen LogP contribution in [-0.2, 0) is 0 Å². The van der Waals surface area contributed by atoms with E-state index in [1.165, 1.54) is 6.07 Å². The number of halogens is 2. The Hall–Kier alpha value is -1.69. The van der Waals surface area contributed by atoms with Crippen LogP contribution in [0.4, 0.5) is 10.3 Å². The fraction of sp³-hybridized carbons (Fsp3) is 0.286. The monoisotopic (exact) mass is 337 g/mol. The van der Waals surface area contributed by atoms with E-state index < -0.39 is 0 Å². The molecule has 0 amide bonds. The Morgan fingerprint density at radius 1 is 1.45 bits per heavy atom. The van der Waals surface area contributed by atoms with Gasteiger partial charge in [0.1, 0.15) is 5.82 Å². The first-order valence-corrected chi connectivity index (χ1v) is 7.05. The Labute approximate surface area is 124 Å². The highest BCUT2D eigenvalue weighted by Crippen LogP contribution is 2.42. The van der Waals surface area contributed by atoms with Crippen LogP contribution in [0.5, 0.6) is 5.88 Å². The Bertz CT molecular complexity index is 638. The zero-order valence-corrected chi connectivity index (χ0v) is 12.4. The van der Waals surface area contributed by atoms with E-state index in [0.717, 1.165) is 12.0 Å². The SMILES string of the molecule is COc1nc(N[C@@H]2C[C@H]2c2cccc(F)c2)ncc1Br. The number of aromatic nitrogens is 2. The normalized spacial score (nSPS) is 20.6. The predicted octanol–water partition coefficient (Wildman–Crippen LogP) is 3.35. The summed E-state index contributed by atoms with van der Waals surface area (Å²) >= 11 is 3.31. The van der Waals surface area contributed by atoms with Crippen LogP contribution in [0.1, 0.15) is 17.9 Å². The van der Waals surface area contributed by atoms with Gasteiger partial charge in [-0.2, -0.15) is 4.98 Å². The molecule has 1 aliphatic rings. The van der Waals surface area contributed by atoms with Crippen LogP contribution in [0, 0.1) is 5.82 Å². The molecule has 1 aromatic heterocycles. The summed E-state index contributed by atoms with van der Waals surface area (Å²) < 4.78 is 19.0. The minimum Gasteiger partial charge on any atom is -0.480 e. The average Bonchev–Trinajstić information content (AvgIpc) is 3.20. The van der Waals surface area contributed by atoms with Gasteiger partial charge in [-0.1, -0.05) is 12.1 Å². The number of nitrogens with zero attached hydrogens (tertiary/aromatic N) is 2. The highest BCUT2D eigenvalue weighted by Gasteiger charge is 2.39. The van der Waals surface area contributed by atoms with Crippen LogP contribution < -0.4 is 10.1 Å². The predicted molar refractivity (Wildman–Crippen MR) is 77.5 cm³/mol. The second kappa shape index (κ2) is 5.36. The Kier molecular flexibility index (Phi) is 3.56. The smallest absolute Gasteiger partial charge is 0.232 e. The first-order valence-electron chi connectivity index (χ1n) is 6.26. The molecule has 1 aromatic carbocycles. The minimum absolute atomic E-state index is 0.199. The van der Waals surface area contributed by atoms with Crippen molar-refractivity contribution in [2.45, 2.75) is 18.4 Å². The summed E-state index contributed by atoms with van der Waals surface area (Å²) in [6.07, 6.45) is 2.60. The van der Waals surface area contributed by atoms with E-state index in [1.54, 1.807) is 25.4 Å². The van der Waals surface area contributed by atoms with Gasteiger partial charge in [-0.3, -0.25) is 0 Å². The molecular weight excluding hydrogens is 325 g/mol. The van der Waals surface area contributed by atoms with Gasteiger partial charge in [0.15, 0.2) is 0 Å². The Morgan fingerprint density at radius 2 is 2.30 bits per heavy atom. The molecule has 0 radical (unpaired) electrons. The van der Waals surface area contributed by atoms with Crippen LogP contribution in [0.15, 0.2) is 34.9 Å². The lowest BCUT2D eigenvalue weighted by molar-refractivity contribution is 0.394. The van der Waals surface area contributed by atoms with Gasteiger partial charge in [-0.05, 0) is 40.0 Å². The summed E-state index contributed by atoms with van der Waals surface area (Å²) in [5, 5.41) is 3.24. The number of ether oxygens (including phenoxy) is 1. The van der Waals surface area contributed by atoms with Crippen molar-refractivity contribution in [1.29, 1.82) is 0 Å². The molecule has 1 fully saturated rings. The van der Waals surface area contributed by atoms with Crippen molar-refractivity contribution >= 4 is 21.9 Å². The van der Waals surface area contributed by atoms with Crippen LogP contribution >= 0.6 is 15.9 Å². The first-order chi connectivity index (χ1) is 9.67. The molecule has 1 N–H and O–H groups in total. The highest BCUT2D eigenvalue weighted by molar-refractivity contribution is 9.10. The van der Waals surface area contributed by atoms with E-state index in [9.17, 15) is 4.39 Å². The zero-order chi connectivity index (χ0) is 14.1. The fourth-order valence-electron chi connectivity index (χ4n) is 2.19. The molecule has 0 spiro atoms. The van der Waals surface area contributed by atoms with Gasteiger partial charge in [-0.25, -0.2) is 9.37 Å². The lowest BCUT2D eigenvalue weighted by Gasteiger charge is -2.07. The molecule has 3 rings (SSSR count). The quantitative estimate of drug-likeness (QED) is 0.929. The number of nitrogens with one attached hydrogen (secondary N) is 1. The van der Waals surface area contributed by atoms with Crippen LogP contribution in [0.25, 0.3) is 0 Å². The molecule has 2 aromatic rings. The molecule has 1 saturated carbocycles.